The van der Waals surface area contributed by atoms with Crippen LogP contribution in [0.5, 0.6) is 0 Å². The van der Waals surface area contributed by atoms with E-state index in [4.69, 9.17) is 0 Å². The van der Waals surface area contributed by atoms with Crippen molar-refractivity contribution in [1.29, 1.82) is 0 Å². The van der Waals surface area contributed by atoms with E-state index in [1.54, 1.807) is 0 Å². The summed E-state index contributed by atoms with van der Waals surface area (Å²) < 4.78 is 105. The molecule has 0 atom stereocenters. The van der Waals surface area contributed by atoms with E-state index < -0.39 is 34.6 Å². The standard InChI is InChI=1S/C23H30F6N4O4S/c1-16-3-4-17(18(11-16)32-6-5-21(13-32)14-33(15-21)38(2,35)36)12-30-7-9-31(10-8-30)20(34)37-19(22(24,25)26)23(27,28)29/h3-4,11,19H,5-10,12-15H2,1-2H3. The summed E-state index contributed by atoms with van der Waals surface area (Å²) >= 11 is 0. The number of alkyl halides is 6. The molecule has 0 N–H and O–H groups in total. The minimum atomic E-state index is -5.76. The fourth-order valence-corrected chi connectivity index (χ4v) is 6.28. The topological polar surface area (TPSA) is 73.4 Å². The number of nitrogens with zero attached hydrogens (tertiary/aromatic N) is 4. The maximum Gasteiger partial charge on any atom is 0.434 e. The van der Waals surface area contributed by atoms with Gasteiger partial charge in [-0.1, -0.05) is 12.1 Å². The highest BCUT2D eigenvalue weighted by Gasteiger charge is 2.60. The lowest BCUT2D eigenvalue weighted by Gasteiger charge is -2.46. The molecule has 0 radical (unpaired) electrons. The molecule has 0 aromatic heterocycles. The molecule has 1 spiro atoms. The van der Waals surface area contributed by atoms with E-state index >= 15 is 0 Å². The zero-order valence-electron chi connectivity index (χ0n) is 21.0. The van der Waals surface area contributed by atoms with Gasteiger partial charge < -0.3 is 14.5 Å². The van der Waals surface area contributed by atoms with Crippen LogP contribution in [0.15, 0.2) is 18.2 Å². The summed E-state index contributed by atoms with van der Waals surface area (Å²) in [7, 11) is -3.22. The Labute approximate surface area is 217 Å². The van der Waals surface area contributed by atoms with Gasteiger partial charge in [0.15, 0.2) is 0 Å². The molecule has 4 rings (SSSR count). The second-order valence-corrected chi connectivity index (χ2v) is 12.4. The number of ether oxygens (including phenoxy) is 1. The van der Waals surface area contributed by atoms with Crippen molar-refractivity contribution in [2.75, 3.05) is 63.5 Å². The van der Waals surface area contributed by atoms with Crippen molar-refractivity contribution in [3.63, 3.8) is 0 Å². The number of anilines is 1. The number of hydrogen-bond acceptors (Lipinski definition) is 6. The van der Waals surface area contributed by atoms with Crippen LogP contribution >= 0.6 is 0 Å². The van der Waals surface area contributed by atoms with Crippen LogP contribution in [0, 0.1) is 12.3 Å². The quantitative estimate of drug-likeness (QED) is 0.505. The summed E-state index contributed by atoms with van der Waals surface area (Å²) in [5.74, 6) is 0. The molecule has 8 nitrogen and oxygen atoms in total. The van der Waals surface area contributed by atoms with E-state index in [1.165, 1.54) is 10.6 Å². The number of aryl methyl sites for hydroxylation is 1. The molecule has 0 bridgehead atoms. The molecule has 1 amide bonds. The molecule has 3 fully saturated rings. The first-order valence-electron chi connectivity index (χ1n) is 12.1. The van der Waals surface area contributed by atoms with Crippen LogP contribution < -0.4 is 4.90 Å². The number of sulfonamides is 1. The van der Waals surface area contributed by atoms with Crippen LogP contribution in [0.3, 0.4) is 0 Å². The van der Waals surface area contributed by atoms with Gasteiger partial charge in [0, 0.05) is 70.0 Å². The van der Waals surface area contributed by atoms with Crippen LogP contribution in [0.1, 0.15) is 17.5 Å². The fourth-order valence-electron chi connectivity index (χ4n) is 5.26. The lowest BCUT2D eigenvalue weighted by atomic mass is 9.81. The summed E-state index contributed by atoms with van der Waals surface area (Å²) in [4.78, 5) is 17.1. The Kier molecular flexibility index (Phi) is 7.60. The van der Waals surface area contributed by atoms with Gasteiger partial charge in [-0.2, -0.15) is 26.3 Å². The van der Waals surface area contributed by atoms with E-state index in [1.807, 2.05) is 24.0 Å². The lowest BCUT2D eigenvalue weighted by Crippen LogP contribution is -2.59. The predicted octanol–water partition coefficient (Wildman–Crippen LogP) is 3.21. The highest BCUT2D eigenvalue weighted by atomic mass is 32.2. The van der Waals surface area contributed by atoms with Crippen molar-refractivity contribution < 1.29 is 44.3 Å². The van der Waals surface area contributed by atoms with E-state index in [2.05, 4.69) is 15.7 Å². The van der Waals surface area contributed by atoms with Gasteiger partial charge in [0.1, 0.15) is 0 Å². The van der Waals surface area contributed by atoms with Gasteiger partial charge in [-0.25, -0.2) is 17.5 Å². The molecule has 214 valence electrons. The highest BCUT2D eigenvalue weighted by Crippen LogP contribution is 2.43. The normalized spacial score (nSPS) is 21.3. The Hall–Kier alpha value is -2.26. The zero-order chi connectivity index (χ0) is 28.1. The monoisotopic (exact) mass is 572 g/mol. The van der Waals surface area contributed by atoms with Crippen molar-refractivity contribution in [2.24, 2.45) is 5.41 Å². The molecule has 0 saturated carbocycles. The highest BCUT2D eigenvalue weighted by molar-refractivity contribution is 7.88. The largest absolute Gasteiger partial charge is 0.434 e. The van der Waals surface area contributed by atoms with Crippen molar-refractivity contribution in [3.8, 4) is 0 Å². The van der Waals surface area contributed by atoms with Crippen molar-refractivity contribution in [1.82, 2.24) is 14.1 Å². The van der Waals surface area contributed by atoms with Gasteiger partial charge in [-0.3, -0.25) is 4.90 Å². The third kappa shape index (κ3) is 6.30. The van der Waals surface area contributed by atoms with E-state index in [-0.39, 0.29) is 31.6 Å². The number of halogens is 6. The van der Waals surface area contributed by atoms with Gasteiger partial charge in [-0.15, -0.1) is 0 Å². The van der Waals surface area contributed by atoms with Crippen LogP contribution in [0.25, 0.3) is 0 Å². The van der Waals surface area contributed by atoms with Crippen LogP contribution in [0.4, 0.5) is 36.8 Å². The van der Waals surface area contributed by atoms with Crippen molar-refractivity contribution in [3.05, 3.63) is 29.3 Å². The molecule has 3 aliphatic rings. The third-order valence-corrected chi connectivity index (χ3v) is 8.55. The minimum absolute atomic E-state index is 0.0728. The molecule has 3 aliphatic heterocycles. The number of carbonyl (C=O) groups excluding carboxylic acids is 1. The maximum atomic E-state index is 12.7. The molecule has 15 heteroatoms. The van der Waals surface area contributed by atoms with Crippen molar-refractivity contribution in [2.45, 2.75) is 38.3 Å². The van der Waals surface area contributed by atoms with E-state index in [0.29, 0.717) is 26.2 Å². The molecular weight excluding hydrogens is 542 g/mol. The molecule has 0 aliphatic carbocycles. The Morgan fingerprint density at radius 1 is 1.00 bits per heavy atom. The van der Waals surface area contributed by atoms with Crippen LogP contribution in [0.2, 0.25) is 0 Å². The first-order chi connectivity index (χ1) is 17.5. The number of rotatable bonds is 5. The number of piperazine rings is 1. The molecule has 3 heterocycles. The van der Waals surface area contributed by atoms with Crippen LogP contribution in [-0.2, 0) is 21.3 Å². The van der Waals surface area contributed by atoms with E-state index in [9.17, 15) is 39.6 Å². The molecule has 3 saturated heterocycles. The SMILES string of the molecule is Cc1ccc(CN2CCN(C(=O)OC(C(F)(F)F)C(F)(F)F)CC2)c(N2CCC3(C2)CN(S(C)(=O)=O)C3)c1. The van der Waals surface area contributed by atoms with Gasteiger partial charge in [0.2, 0.25) is 10.0 Å². The number of carbonyl (C=O) groups is 1. The van der Waals surface area contributed by atoms with Gasteiger partial charge in [0.25, 0.3) is 6.10 Å². The lowest BCUT2D eigenvalue weighted by molar-refractivity contribution is -0.308. The zero-order valence-corrected chi connectivity index (χ0v) is 21.8. The maximum absolute atomic E-state index is 12.7. The summed E-state index contributed by atoms with van der Waals surface area (Å²) in [6, 6.07) is 6.00. The van der Waals surface area contributed by atoms with Crippen molar-refractivity contribution >= 4 is 21.8 Å². The Balaban J connectivity index is 1.36. The van der Waals surface area contributed by atoms with Gasteiger partial charge in [-0.05, 0) is 30.5 Å². The summed E-state index contributed by atoms with van der Waals surface area (Å²) in [6.45, 7) is 5.26. The molecule has 1 aromatic rings. The summed E-state index contributed by atoms with van der Waals surface area (Å²) in [5.41, 5.74) is 2.98. The summed E-state index contributed by atoms with van der Waals surface area (Å²) in [5, 5.41) is 0. The third-order valence-electron chi connectivity index (χ3n) is 7.35. The molecule has 1 aromatic carbocycles. The first-order valence-corrected chi connectivity index (χ1v) is 13.9. The Morgan fingerprint density at radius 3 is 2.16 bits per heavy atom. The second kappa shape index (κ2) is 10.0. The summed E-state index contributed by atoms with van der Waals surface area (Å²) in [6.07, 6.45) is -15.3. The predicted molar refractivity (Wildman–Crippen MR) is 126 cm³/mol. The minimum Gasteiger partial charge on any atom is -0.426 e. The van der Waals surface area contributed by atoms with E-state index in [0.717, 1.165) is 34.7 Å². The first kappa shape index (κ1) is 28.7. The number of amides is 1. The smallest absolute Gasteiger partial charge is 0.426 e. The van der Waals surface area contributed by atoms with Gasteiger partial charge >= 0.3 is 18.4 Å². The average molecular weight is 573 g/mol. The number of hydrogen-bond donors (Lipinski definition) is 0. The van der Waals surface area contributed by atoms with Crippen LogP contribution in [-0.4, -0.2) is 106 Å². The molecule has 0 unspecified atom stereocenters. The molecular formula is C23H30F6N4O4S. The number of benzene rings is 1. The van der Waals surface area contributed by atoms with Gasteiger partial charge in [0.05, 0.1) is 6.26 Å². The Bertz CT molecular complexity index is 1130. The molecule has 38 heavy (non-hydrogen) atoms. The average Bonchev–Trinajstić information content (AvgIpc) is 3.22. The second-order valence-electron chi connectivity index (χ2n) is 10.4. The Morgan fingerprint density at radius 2 is 1.61 bits per heavy atom. The fraction of sp³-hybridized carbons (Fsp3) is 0.696.